The van der Waals surface area contributed by atoms with Crippen LogP contribution >= 0.6 is 0 Å². The SMILES string of the molecule is Cc1ccc(-c2nc(C(=O)Nc3ccccc3)nn2-c2cc(C)ccc2C)cc1. The van der Waals surface area contributed by atoms with E-state index in [-0.39, 0.29) is 11.7 Å². The van der Waals surface area contributed by atoms with E-state index in [1.807, 2.05) is 75.4 Å². The summed E-state index contributed by atoms with van der Waals surface area (Å²) in [7, 11) is 0. The minimum Gasteiger partial charge on any atom is -0.319 e. The van der Waals surface area contributed by atoms with Gasteiger partial charge in [0, 0.05) is 11.3 Å². The largest absolute Gasteiger partial charge is 0.319 e. The lowest BCUT2D eigenvalue weighted by Crippen LogP contribution is -2.14. The van der Waals surface area contributed by atoms with Crippen LogP contribution in [0.5, 0.6) is 0 Å². The van der Waals surface area contributed by atoms with E-state index in [2.05, 4.69) is 33.6 Å². The van der Waals surface area contributed by atoms with Crippen molar-refractivity contribution >= 4 is 11.6 Å². The number of para-hydroxylation sites is 1. The van der Waals surface area contributed by atoms with Crippen molar-refractivity contribution in [1.29, 1.82) is 0 Å². The summed E-state index contributed by atoms with van der Waals surface area (Å²) in [6, 6.07) is 23.5. The summed E-state index contributed by atoms with van der Waals surface area (Å²) in [6.07, 6.45) is 0. The molecule has 1 N–H and O–H groups in total. The molecule has 1 amide bonds. The summed E-state index contributed by atoms with van der Waals surface area (Å²) >= 11 is 0. The number of amides is 1. The molecule has 5 heteroatoms. The summed E-state index contributed by atoms with van der Waals surface area (Å²) in [6.45, 7) is 6.10. The molecule has 0 aliphatic carbocycles. The summed E-state index contributed by atoms with van der Waals surface area (Å²) < 4.78 is 1.76. The highest BCUT2D eigenvalue weighted by Crippen LogP contribution is 2.24. The van der Waals surface area contributed by atoms with Crippen molar-refractivity contribution in [2.45, 2.75) is 20.8 Å². The van der Waals surface area contributed by atoms with Gasteiger partial charge in [-0.15, -0.1) is 5.10 Å². The highest BCUT2D eigenvalue weighted by molar-refractivity contribution is 6.01. The summed E-state index contributed by atoms with van der Waals surface area (Å²) in [5.74, 6) is 0.427. The Balaban J connectivity index is 1.81. The molecule has 0 atom stereocenters. The van der Waals surface area contributed by atoms with Gasteiger partial charge in [0.2, 0.25) is 5.82 Å². The second kappa shape index (κ2) is 7.72. The fourth-order valence-electron chi connectivity index (χ4n) is 3.12. The maximum absolute atomic E-state index is 12.8. The molecule has 0 aliphatic rings. The van der Waals surface area contributed by atoms with E-state index < -0.39 is 0 Å². The zero-order valence-electron chi connectivity index (χ0n) is 16.7. The normalized spacial score (nSPS) is 10.7. The van der Waals surface area contributed by atoms with Crippen molar-refractivity contribution in [1.82, 2.24) is 14.8 Å². The van der Waals surface area contributed by atoms with Crippen molar-refractivity contribution in [3.05, 3.63) is 95.3 Å². The third kappa shape index (κ3) is 3.94. The second-order valence-corrected chi connectivity index (χ2v) is 7.15. The third-order valence-corrected chi connectivity index (χ3v) is 4.74. The molecule has 1 heterocycles. The van der Waals surface area contributed by atoms with Crippen molar-refractivity contribution in [3.8, 4) is 17.1 Å². The van der Waals surface area contributed by atoms with Crippen LogP contribution in [0.3, 0.4) is 0 Å². The number of nitrogens with one attached hydrogen (secondary N) is 1. The van der Waals surface area contributed by atoms with Gasteiger partial charge in [-0.2, -0.15) is 0 Å². The molecule has 0 radical (unpaired) electrons. The number of aromatic nitrogens is 3. The Bertz CT molecular complexity index is 1160. The first kappa shape index (κ1) is 18.6. The molecule has 0 fully saturated rings. The van der Waals surface area contributed by atoms with Gasteiger partial charge < -0.3 is 5.32 Å². The number of carbonyl (C=O) groups excluding carboxylic acids is 1. The molecule has 0 saturated heterocycles. The molecular formula is C24H22N4O. The molecule has 0 bridgehead atoms. The highest BCUT2D eigenvalue weighted by Gasteiger charge is 2.20. The number of rotatable bonds is 4. The van der Waals surface area contributed by atoms with Gasteiger partial charge in [0.05, 0.1) is 5.69 Å². The first-order chi connectivity index (χ1) is 14.0. The lowest BCUT2D eigenvalue weighted by Gasteiger charge is -2.10. The van der Waals surface area contributed by atoms with E-state index in [0.717, 1.165) is 27.9 Å². The van der Waals surface area contributed by atoms with Gasteiger partial charge in [0.15, 0.2) is 5.82 Å². The van der Waals surface area contributed by atoms with Gasteiger partial charge in [-0.05, 0) is 50.1 Å². The van der Waals surface area contributed by atoms with Crippen LogP contribution in [0, 0.1) is 20.8 Å². The lowest BCUT2D eigenvalue weighted by atomic mass is 10.1. The van der Waals surface area contributed by atoms with Crippen molar-refractivity contribution in [2.75, 3.05) is 5.32 Å². The van der Waals surface area contributed by atoms with E-state index in [0.29, 0.717) is 11.5 Å². The molecular weight excluding hydrogens is 360 g/mol. The average Bonchev–Trinajstić information content (AvgIpc) is 3.16. The zero-order valence-corrected chi connectivity index (χ0v) is 16.7. The molecule has 3 aromatic carbocycles. The van der Waals surface area contributed by atoms with Gasteiger partial charge in [0.25, 0.3) is 5.91 Å². The summed E-state index contributed by atoms with van der Waals surface area (Å²) in [5.41, 5.74) is 5.86. The molecule has 29 heavy (non-hydrogen) atoms. The van der Waals surface area contributed by atoms with Gasteiger partial charge >= 0.3 is 0 Å². The minimum absolute atomic E-state index is 0.130. The zero-order chi connectivity index (χ0) is 20.4. The topological polar surface area (TPSA) is 59.8 Å². The van der Waals surface area contributed by atoms with E-state index in [1.165, 1.54) is 0 Å². The first-order valence-corrected chi connectivity index (χ1v) is 9.49. The molecule has 4 rings (SSSR count). The monoisotopic (exact) mass is 382 g/mol. The van der Waals surface area contributed by atoms with Crippen LogP contribution in [0.1, 0.15) is 27.3 Å². The third-order valence-electron chi connectivity index (χ3n) is 4.74. The predicted octanol–water partition coefficient (Wildman–Crippen LogP) is 5.11. The molecule has 5 nitrogen and oxygen atoms in total. The van der Waals surface area contributed by atoms with Crippen LogP contribution < -0.4 is 5.32 Å². The maximum Gasteiger partial charge on any atom is 0.295 e. The highest BCUT2D eigenvalue weighted by atomic mass is 16.2. The van der Waals surface area contributed by atoms with Crippen molar-refractivity contribution < 1.29 is 4.79 Å². The van der Waals surface area contributed by atoms with Crippen LogP contribution in [0.15, 0.2) is 72.8 Å². The van der Waals surface area contributed by atoms with Crippen LogP contribution in [-0.4, -0.2) is 20.7 Å². The Labute approximate surface area is 170 Å². The second-order valence-electron chi connectivity index (χ2n) is 7.15. The van der Waals surface area contributed by atoms with Crippen LogP contribution in [0.2, 0.25) is 0 Å². The fraction of sp³-hybridized carbons (Fsp3) is 0.125. The Hall–Kier alpha value is -3.73. The molecule has 144 valence electrons. The maximum atomic E-state index is 12.8. The van der Waals surface area contributed by atoms with Gasteiger partial charge in [0.1, 0.15) is 0 Å². The fourth-order valence-corrected chi connectivity index (χ4v) is 3.12. The molecule has 0 saturated carbocycles. The van der Waals surface area contributed by atoms with E-state index in [9.17, 15) is 4.79 Å². The molecule has 4 aromatic rings. The number of aryl methyl sites for hydroxylation is 3. The molecule has 1 aromatic heterocycles. The van der Waals surface area contributed by atoms with E-state index in [4.69, 9.17) is 0 Å². The number of anilines is 1. The quantitative estimate of drug-likeness (QED) is 0.533. The Kier molecular flexibility index (Phi) is 4.96. The lowest BCUT2D eigenvalue weighted by molar-refractivity contribution is 0.101. The Morgan fingerprint density at radius 1 is 0.862 bits per heavy atom. The van der Waals surface area contributed by atoms with Crippen molar-refractivity contribution in [3.63, 3.8) is 0 Å². The molecule has 0 aliphatic heterocycles. The average molecular weight is 382 g/mol. The van der Waals surface area contributed by atoms with Gasteiger partial charge in [-0.25, -0.2) is 9.67 Å². The standard InChI is InChI=1S/C24H22N4O/c1-16-10-13-19(14-11-16)23-26-22(24(29)25-20-7-5-4-6-8-20)27-28(23)21-15-17(2)9-12-18(21)3/h4-15H,1-3H3,(H,25,29). The summed E-state index contributed by atoms with van der Waals surface area (Å²) in [5, 5.41) is 7.43. The summed E-state index contributed by atoms with van der Waals surface area (Å²) in [4.78, 5) is 17.4. The molecule has 0 unspecified atom stereocenters. The van der Waals surface area contributed by atoms with Gasteiger partial charge in [-0.1, -0.05) is 60.2 Å². The minimum atomic E-state index is -0.339. The molecule has 0 spiro atoms. The number of nitrogens with zero attached hydrogens (tertiary/aromatic N) is 3. The number of hydrogen-bond donors (Lipinski definition) is 1. The number of hydrogen-bond acceptors (Lipinski definition) is 3. The van der Waals surface area contributed by atoms with Crippen LogP contribution in [-0.2, 0) is 0 Å². The van der Waals surface area contributed by atoms with E-state index >= 15 is 0 Å². The first-order valence-electron chi connectivity index (χ1n) is 9.49. The number of carbonyl (C=O) groups is 1. The van der Waals surface area contributed by atoms with Crippen LogP contribution in [0.25, 0.3) is 17.1 Å². The van der Waals surface area contributed by atoms with Crippen molar-refractivity contribution in [2.24, 2.45) is 0 Å². The Morgan fingerprint density at radius 2 is 1.55 bits per heavy atom. The predicted molar refractivity (Wildman–Crippen MR) is 115 cm³/mol. The van der Waals surface area contributed by atoms with Gasteiger partial charge in [-0.3, -0.25) is 4.79 Å². The smallest absolute Gasteiger partial charge is 0.295 e. The van der Waals surface area contributed by atoms with Crippen LogP contribution in [0.4, 0.5) is 5.69 Å². The number of benzene rings is 3. The Morgan fingerprint density at radius 3 is 2.28 bits per heavy atom. The van der Waals surface area contributed by atoms with E-state index in [1.54, 1.807) is 4.68 Å².